The highest BCUT2D eigenvalue weighted by Crippen LogP contribution is 2.49. The number of nitrogens with zero attached hydrogens (tertiary/aromatic N) is 2. The molecule has 0 aliphatic heterocycles. The topological polar surface area (TPSA) is 93.1 Å². The average Bonchev–Trinajstić information content (AvgIpc) is 3.33. The van der Waals surface area contributed by atoms with Crippen LogP contribution >= 0.6 is 11.3 Å². The number of aryl methyl sites for hydroxylation is 2. The van der Waals surface area contributed by atoms with Crippen molar-refractivity contribution in [2.45, 2.75) is 59.0 Å². The van der Waals surface area contributed by atoms with Crippen LogP contribution in [-0.2, 0) is 11.3 Å². The molecule has 4 unspecified atom stereocenters. The summed E-state index contributed by atoms with van der Waals surface area (Å²) in [5, 5.41) is 5.80. The molecule has 2 aromatic heterocycles. The van der Waals surface area contributed by atoms with Crippen molar-refractivity contribution < 1.29 is 9.59 Å². The summed E-state index contributed by atoms with van der Waals surface area (Å²) in [4.78, 5) is 43.2. The number of thiophene rings is 1. The van der Waals surface area contributed by atoms with Gasteiger partial charge in [-0.05, 0) is 63.4 Å². The van der Waals surface area contributed by atoms with E-state index in [4.69, 9.17) is 0 Å². The average molecular weight is 403 g/mol. The van der Waals surface area contributed by atoms with Gasteiger partial charge in [0, 0.05) is 10.9 Å². The number of aromatic nitrogens is 2. The van der Waals surface area contributed by atoms with Crippen molar-refractivity contribution >= 4 is 33.5 Å². The molecule has 0 spiro atoms. The van der Waals surface area contributed by atoms with Crippen LogP contribution in [0.3, 0.4) is 0 Å². The first-order valence-electron chi connectivity index (χ1n) is 9.89. The molecular formula is C20H26N4O3S. The molecule has 2 saturated carbocycles. The third-order valence-electron chi connectivity index (χ3n) is 6.52. The summed E-state index contributed by atoms with van der Waals surface area (Å²) < 4.78 is 1.25. The first kappa shape index (κ1) is 19.1. The van der Waals surface area contributed by atoms with Crippen LogP contribution in [0.2, 0.25) is 0 Å². The van der Waals surface area contributed by atoms with E-state index < -0.39 is 11.9 Å². The maximum absolute atomic E-state index is 12.7. The van der Waals surface area contributed by atoms with E-state index in [2.05, 4.69) is 15.6 Å². The van der Waals surface area contributed by atoms with Gasteiger partial charge in [0.1, 0.15) is 11.4 Å². The van der Waals surface area contributed by atoms with E-state index in [9.17, 15) is 14.4 Å². The van der Waals surface area contributed by atoms with Gasteiger partial charge >= 0.3 is 6.03 Å². The Morgan fingerprint density at radius 3 is 2.79 bits per heavy atom. The Hall–Kier alpha value is -2.22. The molecule has 2 aliphatic carbocycles. The molecule has 4 atom stereocenters. The van der Waals surface area contributed by atoms with Crippen molar-refractivity contribution in [1.82, 2.24) is 20.2 Å². The van der Waals surface area contributed by atoms with Crippen molar-refractivity contribution in [2.24, 2.45) is 17.8 Å². The molecule has 0 saturated heterocycles. The lowest BCUT2D eigenvalue weighted by molar-refractivity contribution is -0.120. The Morgan fingerprint density at radius 2 is 2.11 bits per heavy atom. The van der Waals surface area contributed by atoms with Crippen molar-refractivity contribution in [2.75, 3.05) is 0 Å². The molecule has 4 rings (SSSR count). The third-order valence-corrected chi connectivity index (χ3v) is 7.63. The van der Waals surface area contributed by atoms with Crippen LogP contribution in [0.5, 0.6) is 0 Å². The molecule has 3 amide bonds. The lowest BCUT2D eigenvalue weighted by Crippen LogP contribution is -2.48. The van der Waals surface area contributed by atoms with Crippen LogP contribution in [0.4, 0.5) is 4.79 Å². The minimum atomic E-state index is -0.523. The smallest absolute Gasteiger partial charge is 0.321 e. The molecule has 2 aromatic rings. The molecule has 28 heavy (non-hydrogen) atoms. The molecule has 8 heteroatoms. The predicted octanol–water partition coefficient (Wildman–Crippen LogP) is 2.73. The molecule has 0 aromatic carbocycles. The normalized spacial score (nSPS) is 24.5. The van der Waals surface area contributed by atoms with Crippen LogP contribution in [0.25, 0.3) is 10.2 Å². The minimum absolute atomic E-state index is 0.0419. The van der Waals surface area contributed by atoms with Crippen LogP contribution in [0.1, 0.15) is 43.0 Å². The summed E-state index contributed by atoms with van der Waals surface area (Å²) in [6.45, 7) is 5.61. The van der Waals surface area contributed by atoms with E-state index in [1.807, 2.05) is 20.8 Å². The SMILES string of the molecule is Cc1sc2ncn(CC(=O)NC(=O)NC(C)C3CC4CCC3C4)c(=O)c2c1C. The van der Waals surface area contributed by atoms with Gasteiger partial charge in [0.25, 0.3) is 5.56 Å². The predicted molar refractivity (Wildman–Crippen MR) is 108 cm³/mol. The highest BCUT2D eigenvalue weighted by molar-refractivity contribution is 7.18. The third kappa shape index (κ3) is 3.45. The molecule has 7 nitrogen and oxygen atoms in total. The van der Waals surface area contributed by atoms with Crippen LogP contribution in [0.15, 0.2) is 11.1 Å². The molecule has 2 heterocycles. The highest BCUT2D eigenvalue weighted by atomic mass is 32.1. The van der Waals surface area contributed by atoms with Gasteiger partial charge in [-0.3, -0.25) is 19.5 Å². The Labute approximate surface area is 167 Å². The summed E-state index contributed by atoms with van der Waals surface area (Å²) in [6, 6.07) is -0.454. The van der Waals surface area contributed by atoms with E-state index in [1.54, 1.807) is 0 Å². The molecule has 2 N–H and O–H groups in total. The van der Waals surface area contributed by atoms with Gasteiger partial charge in [0.05, 0.1) is 11.7 Å². The Balaban J connectivity index is 1.37. The van der Waals surface area contributed by atoms with Gasteiger partial charge in [0.2, 0.25) is 5.91 Å². The lowest BCUT2D eigenvalue weighted by atomic mass is 9.84. The van der Waals surface area contributed by atoms with Gasteiger partial charge in [-0.2, -0.15) is 0 Å². The summed E-state index contributed by atoms with van der Waals surface area (Å²) in [5.74, 6) is 1.48. The second kappa shape index (κ2) is 7.31. The number of rotatable bonds is 4. The van der Waals surface area contributed by atoms with Crippen LogP contribution < -0.4 is 16.2 Å². The second-order valence-corrected chi connectivity index (χ2v) is 9.49. The van der Waals surface area contributed by atoms with Crippen molar-refractivity contribution in [3.05, 3.63) is 27.1 Å². The van der Waals surface area contributed by atoms with E-state index >= 15 is 0 Å². The Bertz CT molecular complexity index is 995. The van der Waals surface area contributed by atoms with Crippen LogP contribution in [0, 0.1) is 31.6 Å². The minimum Gasteiger partial charge on any atom is -0.335 e. The van der Waals surface area contributed by atoms with Gasteiger partial charge in [-0.1, -0.05) is 6.42 Å². The summed E-state index contributed by atoms with van der Waals surface area (Å²) >= 11 is 1.47. The lowest BCUT2D eigenvalue weighted by Gasteiger charge is -2.28. The first-order valence-corrected chi connectivity index (χ1v) is 10.7. The molecule has 2 aliphatic rings. The number of nitrogens with one attached hydrogen (secondary N) is 2. The molecule has 2 fully saturated rings. The zero-order chi connectivity index (χ0) is 20.0. The zero-order valence-corrected chi connectivity index (χ0v) is 17.3. The van der Waals surface area contributed by atoms with Gasteiger partial charge < -0.3 is 5.32 Å². The van der Waals surface area contributed by atoms with E-state index in [0.717, 1.165) is 16.4 Å². The van der Waals surface area contributed by atoms with Crippen molar-refractivity contribution in [3.8, 4) is 0 Å². The van der Waals surface area contributed by atoms with Crippen molar-refractivity contribution in [3.63, 3.8) is 0 Å². The number of amides is 3. The first-order chi connectivity index (χ1) is 13.3. The highest BCUT2D eigenvalue weighted by Gasteiger charge is 2.42. The monoisotopic (exact) mass is 402 g/mol. The summed E-state index contributed by atoms with van der Waals surface area (Å²) in [5.41, 5.74) is 0.641. The van der Waals surface area contributed by atoms with E-state index in [-0.39, 0.29) is 18.1 Å². The molecular weight excluding hydrogens is 376 g/mol. The van der Waals surface area contributed by atoms with Crippen molar-refractivity contribution in [1.29, 1.82) is 0 Å². The van der Waals surface area contributed by atoms with Gasteiger partial charge in [0.15, 0.2) is 0 Å². The maximum atomic E-state index is 12.7. The zero-order valence-electron chi connectivity index (χ0n) is 16.4. The second-order valence-electron chi connectivity index (χ2n) is 8.29. The van der Waals surface area contributed by atoms with E-state index in [1.165, 1.54) is 47.9 Å². The number of carbonyl (C=O) groups is 2. The number of hydrogen-bond acceptors (Lipinski definition) is 5. The Kier molecular flexibility index (Phi) is 4.99. The fourth-order valence-corrected chi connectivity index (χ4v) is 5.95. The number of urea groups is 1. The maximum Gasteiger partial charge on any atom is 0.321 e. The van der Waals surface area contributed by atoms with E-state index in [0.29, 0.717) is 22.1 Å². The fraction of sp³-hybridized carbons (Fsp3) is 0.600. The number of hydrogen-bond donors (Lipinski definition) is 2. The largest absolute Gasteiger partial charge is 0.335 e. The molecule has 0 radical (unpaired) electrons. The summed E-state index contributed by atoms with van der Waals surface area (Å²) in [7, 11) is 0. The number of imide groups is 1. The molecule has 2 bridgehead atoms. The fourth-order valence-electron chi connectivity index (χ4n) is 4.96. The quantitative estimate of drug-likeness (QED) is 0.822. The van der Waals surface area contributed by atoms with Crippen LogP contribution in [-0.4, -0.2) is 27.5 Å². The van der Waals surface area contributed by atoms with Gasteiger partial charge in [-0.15, -0.1) is 11.3 Å². The van der Waals surface area contributed by atoms with Gasteiger partial charge in [-0.25, -0.2) is 9.78 Å². The number of fused-ring (bicyclic) bond motifs is 3. The Morgan fingerprint density at radius 1 is 1.32 bits per heavy atom. The molecule has 150 valence electrons. The number of carbonyl (C=O) groups excluding carboxylic acids is 2. The summed E-state index contributed by atoms with van der Waals surface area (Å²) in [6.07, 6.45) is 6.38. The standard InChI is InChI=1S/C20H26N4O3S/c1-10-12(3)28-18-17(10)19(26)24(9-21-18)8-16(25)23-20(27)22-11(2)15-7-13-4-5-14(15)6-13/h9,11,13-15H,4-8H2,1-3H3,(H2,22,23,25,27).